The zero-order chi connectivity index (χ0) is 10.3. The molecule has 1 fully saturated rings. The lowest BCUT2D eigenvalue weighted by atomic mass is 10.1. The molecule has 13 heavy (non-hydrogen) atoms. The Morgan fingerprint density at radius 3 is 2.31 bits per heavy atom. The fourth-order valence-electron chi connectivity index (χ4n) is 1.82. The molecule has 0 saturated carbocycles. The predicted octanol–water partition coefficient (Wildman–Crippen LogP) is 1.67. The Kier molecular flexibility index (Phi) is 3.18. The van der Waals surface area contributed by atoms with Crippen LogP contribution in [0.15, 0.2) is 0 Å². The van der Waals surface area contributed by atoms with Crippen LogP contribution < -0.4 is 5.32 Å². The smallest absolute Gasteiger partial charge is 0.190 e. The molecule has 1 heterocycles. The van der Waals surface area contributed by atoms with E-state index in [2.05, 4.69) is 33.0 Å². The monoisotopic (exact) mass is 223 g/mol. The molecular weight excluding hydrogens is 205 g/mol. The molecule has 1 aliphatic rings. The number of rotatable bonds is 2. The molecule has 0 bridgehead atoms. The SMILES string of the molecule is CC1(C)NC(C[PH](=O)O)C(C)(C)S1. The lowest BCUT2D eigenvalue weighted by Crippen LogP contribution is -2.42. The Hall–Kier alpha value is 0.500. The van der Waals surface area contributed by atoms with E-state index in [-0.39, 0.29) is 15.7 Å². The van der Waals surface area contributed by atoms with Crippen molar-refractivity contribution in [3.63, 3.8) is 0 Å². The highest BCUT2D eigenvalue weighted by Gasteiger charge is 2.45. The van der Waals surface area contributed by atoms with Crippen LogP contribution in [0.25, 0.3) is 0 Å². The quantitative estimate of drug-likeness (QED) is 0.699. The summed E-state index contributed by atoms with van der Waals surface area (Å²) in [6.07, 6.45) is 0.383. The molecule has 3 nitrogen and oxygen atoms in total. The molecule has 2 N–H and O–H groups in total. The average molecular weight is 223 g/mol. The lowest BCUT2D eigenvalue weighted by molar-refractivity contribution is 0.431. The van der Waals surface area contributed by atoms with Gasteiger partial charge in [0, 0.05) is 17.0 Å². The van der Waals surface area contributed by atoms with Crippen LogP contribution in [-0.4, -0.2) is 26.7 Å². The van der Waals surface area contributed by atoms with Crippen molar-refractivity contribution in [3.05, 3.63) is 0 Å². The largest absolute Gasteiger partial charge is 0.346 e. The molecule has 5 heteroatoms. The molecule has 78 valence electrons. The van der Waals surface area contributed by atoms with Crippen LogP contribution in [0.5, 0.6) is 0 Å². The van der Waals surface area contributed by atoms with E-state index in [1.807, 2.05) is 11.8 Å². The van der Waals surface area contributed by atoms with Gasteiger partial charge in [0.1, 0.15) is 0 Å². The maximum Gasteiger partial charge on any atom is 0.190 e. The van der Waals surface area contributed by atoms with Gasteiger partial charge >= 0.3 is 0 Å². The summed E-state index contributed by atoms with van der Waals surface area (Å²) in [5.41, 5.74) is 0. The van der Waals surface area contributed by atoms with Crippen LogP contribution in [0.2, 0.25) is 0 Å². The third kappa shape index (κ3) is 2.98. The van der Waals surface area contributed by atoms with E-state index in [9.17, 15) is 4.57 Å². The fraction of sp³-hybridized carbons (Fsp3) is 1.00. The van der Waals surface area contributed by atoms with Crippen LogP contribution in [0.1, 0.15) is 27.7 Å². The van der Waals surface area contributed by atoms with Crippen LogP contribution in [0, 0.1) is 0 Å². The minimum absolute atomic E-state index is 0.0193. The van der Waals surface area contributed by atoms with Crippen molar-refractivity contribution in [2.24, 2.45) is 0 Å². The van der Waals surface area contributed by atoms with E-state index in [1.165, 1.54) is 0 Å². The Morgan fingerprint density at radius 1 is 1.46 bits per heavy atom. The van der Waals surface area contributed by atoms with Gasteiger partial charge in [-0.25, -0.2) is 0 Å². The van der Waals surface area contributed by atoms with Crippen molar-refractivity contribution in [2.45, 2.75) is 43.4 Å². The van der Waals surface area contributed by atoms with Crippen molar-refractivity contribution in [1.29, 1.82) is 0 Å². The zero-order valence-corrected chi connectivity index (χ0v) is 10.4. The molecule has 1 saturated heterocycles. The Morgan fingerprint density at radius 2 is 2.00 bits per heavy atom. The van der Waals surface area contributed by atoms with Gasteiger partial charge in [0.2, 0.25) is 0 Å². The number of hydrogen-bond donors (Lipinski definition) is 2. The summed E-state index contributed by atoms with van der Waals surface area (Å²) in [5.74, 6) is 0. The molecule has 0 aliphatic carbocycles. The summed E-state index contributed by atoms with van der Waals surface area (Å²) in [7, 11) is -2.36. The van der Waals surface area contributed by atoms with Gasteiger partial charge in [-0.3, -0.25) is 9.88 Å². The summed E-state index contributed by atoms with van der Waals surface area (Å²) in [5, 5.41) is 3.38. The van der Waals surface area contributed by atoms with Crippen LogP contribution in [0.4, 0.5) is 0 Å². The van der Waals surface area contributed by atoms with Gasteiger partial charge in [0.05, 0.1) is 4.87 Å². The minimum atomic E-state index is -2.36. The lowest BCUT2D eigenvalue weighted by Gasteiger charge is -2.23. The van der Waals surface area contributed by atoms with Gasteiger partial charge in [-0.05, 0) is 27.7 Å². The topological polar surface area (TPSA) is 49.3 Å². The Bertz CT molecular complexity index is 230. The molecule has 2 atom stereocenters. The highest BCUT2D eigenvalue weighted by molar-refractivity contribution is 8.02. The molecular formula is C8H18NO2PS. The van der Waals surface area contributed by atoms with E-state index in [4.69, 9.17) is 4.89 Å². The first-order chi connectivity index (χ1) is 5.73. The maximum absolute atomic E-state index is 10.8. The highest BCUT2D eigenvalue weighted by atomic mass is 32.2. The van der Waals surface area contributed by atoms with Crippen molar-refractivity contribution in [3.8, 4) is 0 Å². The van der Waals surface area contributed by atoms with Crippen molar-refractivity contribution < 1.29 is 9.46 Å². The molecule has 0 aromatic carbocycles. The van der Waals surface area contributed by atoms with Crippen molar-refractivity contribution >= 4 is 19.8 Å². The third-order valence-electron chi connectivity index (χ3n) is 2.26. The predicted molar refractivity (Wildman–Crippen MR) is 58.8 cm³/mol. The van der Waals surface area contributed by atoms with E-state index in [1.54, 1.807) is 0 Å². The standard InChI is InChI=1S/C8H18NO2PS/c1-7(2)6(5-12(10)11)9-8(3,4)13-7/h6,9,12H,5H2,1-4H3,(H,10,11). The molecule has 0 aromatic heterocycles. The molecule has 0 amide bonds. The molecule has 0 spiro atoms. The van der Waals surface area contributed by atoms with Crippen LogP contribution in [0.3, 0.4) is 0 Å². The Balaban J connectivity index is 2.70. The minimum Gasteiger partial charge on any atom is -0.346 e. The summed E-state index contributed by atoms with van der Waals surface area (Å²) >= 11 is 1.83. The summed E-state index contributed by atoms with van der Waals surface area (Å²) in [4.78, 5) is 8.93. The average Bonchev–Trinajstić information content (AvgIpc) is 1.98. The van der Waals surface area contributed by atoms with E-state index < -0.39 is 8.03 Å². The second kappa shape index (κ2) is 3.58. The number of nitrogens with one attached hydrogen (secondary N) is 1. The first kappa shape index (κ1) is 11.6. The third-order valence-corrected chi connectivity index (χ3v) is 4.45. The molecule has 1 aliphatic heterocycles. The van der Waals surface area contributed by atoms with Crippen LogP contribution in [-0.2, 0) is 4.57 Å². The fourth-order valence-corrected chi connectivity index (χ4v) is 4.73. The highest BCUT2D eigenvalue weighted by Crippen LogP contribution is 2.45. The zero-order valence-electron chi connectivity index (χ0n) is 8.55. The van der Waals surface area contributed by atoms with Gasteiger partial charge in [-0.15, -0.1) is 11.8 Å². The van der Waals surface area contributed by atoms with E-state index in [0.29, 0.717) is 6.16 Å². The summed E-state index contributed by atoms with van der Waals surface area (Å²) in [6.45, 7) is 8.45. The first-order valence-electron chi connectivity index (χ1n) is 4.43. The molecule has 0 radical (unpaired) electrons. The first-order valence-corrected chi connectivity index (χ1v) is 6.80. The van der Waals surface area contributed by atoms with Gasteiger partial charge in [0.25, 0.3) is 0 Å². The van der Waals surface area contributed by atoms with E-state index in [0.717, 1.165) is 0 Å². The van der Waals surface area contributed by atoms with Gasteiger partial charge in [-0.1, -0.05) is 0 Å². The summed E-state index contributed by atoms with van der Waals surface area (Å²) < 4.78 is 10.8. The second-order valence-corrected chi connectivity index (χ2v) is 7.98. The molecule has 1 rings (SSSR count). The molecule has 0 aromatic rings. The van der Waals surface area contributed by atoms with E-state index >= 15 is 0 Å². The summed E-state index contributed by atoms with van der Waals surface area (Å²) in [6, 6.07) is 0.142. The number of thioether (sulfide) groups is 1. The van der Waals surface area contributed by atoms with Gasteiger partial charge in [-0.2, -0.15) is 0 Å². The van der Waals surface area contributed by atoms with Gasteiger partial charge < -0.3 is 4.89 Å². The van der Waals surface area contributed by atoms with Crippen molar-refractivity contribution in [1.82, 2.24) is 5.32 Å². The number of hydrogen-bond acceptors (Lipinski definition) is 3. The normalized spacial score (nSPS) is 33.2. The van der Waals surface area contributed by atoms with Gasteiger partial charge in [0.15, 0.2) is 8.03 Å². The Labute approximate surface area is 84.5 Å². The maximum atomic E-state index is 10.8. The van der Waals surface area contributed by atoms with Crippen molar-refractivity contribution in [2.75, 3.05) is 6.16 Å². The second-order valence-electron chi connectivity index (χ2n) is 4.51. The molecule has 2 unspecified atom stereocenters. The van der Waals surface area contributed by atoms with Crippen LogP contribution >= 0.6 is 19.8 Å².